The molecule has 0 atom stereocenters. The first-order valence-corrected chi connectivity index (χ1v) is 7.91. The molecule has 0 radical (unpaired) electrons. The summed E-state index contributed by atoms with van der Waals surface area (Å²) in [6, 6.07) is 0. The SMILES string of the molecule is CCCCCCOC1(C)CCCCCCCC1. The highest BCUT2D eigenvalue weighted by atomic mass is 16.5. The maximum Gasteiger partial charge on any atom is 0.0654 e. The summed E-state index contributed by atoms with van der Waals surface area (Å²) in [4.78, 5) is 0. The Morgan fingerprint density at radius 1 is 0.824 bits per heavy atom. The predicted molar refractivity (Wildman–Crippen MR) is 75.4 cm³/mol. The first kappa shape index (κ1) is 15.0. The van der Waals surface area contributed by atoms with Gasteiger partial charge in [0.05, 0.1) is 5.60 Å². The lowest BCUT2D eigenvalue weighted by Gasteiger charge is -2.30. The van der Waals surface area contributed by atoms with Gasteiger partial charge in [0.1, 0.15) is 0 Å². The van der Waals surface area contributed by atoms with Crippen molar-refractivity contribution in [3.8, 4) is 0 Å². The van der Waals surface area contributed by atoms with Crippen molar-refractivity contribution in [3.63, 3.8) is 0 Å². The van der Waals surface area contributed by atoms with Gasteiger partial charge < -0.3 is 4.74 Å². The number of rotatable bonds is 6. The van der Waals surface area contributed by atoms with Crippen LogP contribution in [0.4, 0.5) is 0 Å². The van der Waals surface area contributed by atoms with Crippen LogP contribution in [0.3, 0.4) is 0 Å². The van der Waals surface area contributed by atoms with Crippen LogP contribution in [0, 0.1) is 0 Å². The standard InChI is InChI=1S/C16H32O/c1-3-4-5-12-15-17-16(2)13-10-8-6-7-9-11-14-16/h3-15H2,1-2H3. The molecule has 0 amide bonds. The second-order valence-corrected chi connectivity index (χ2v) is 5.98. The van der Waals surface area contributed by atoms with Crippen LogP contribution in [0.1, 0.15) is 90.9 Å². The maximum atomic E-state index is 6.21. The third kappa shape index (κ3) is 7.08. The van der Waals surface area contributed by atoms with Gasteiger partial charge in [0.15, 0.2) is 0 Å². The van der Waals surface area contributed by atoms with Crippen LogP contribution in [-0.4, -0.2) is 12.2 Å². The summed E-state index contributed by atoms with van der Waals surface area (Å²) >= 11 is 0. The topological polar surface area (TPSA) is 9.23 Å². The molecule has 17 heavy (non-hydrogen) atoms. The third-order valence-corrected chi connectivity index (χ3v) is 4.11. The molecule has 0 heterocycles. The molecule has 1 aliphatic rings. The molecule has 1 rings (SSSR count). The van der Waals surface area contributed by atoms with Crippen LogP contribution in [0.15, 0.2) is 0 Å². The largest absolute Gasteiger partial charge is 0.375 e. The molecular formula is C16H32O. The summed E-state index contributed by atoms with van der Waals surface area (Å²) in [5.74, 6) is 0. The first-order chi connectivity index (χ1) is 8.27. The smallest absolute Gasteiger partial charge is 0.0654 e. The van der Waals surface area contributed by atoms with Crippen molar-refractivity contribution in [2.75, 3.05) is 6.61 Å². The van der Waals surface area contributed by atoms with E-state index >= 15 is 0 Å². The predicted octanol–water partition coefficient (Wildman–Crippen LogP) is 5.48. The van der Waals surface area contributed by atoms with Crippen molar-refractivity contribution < 1.29 is 4.74 Å². The second kappa shape index (κ2) is 8.97. The van der Waals surface area contributed by atoms with E-state index in [0.29, 0.717) is 0 Å². The average Bonchev–Trinajstić information content (AvgIpc) is 2.42. The van der Waals surface area contributed by atoms with Gasteiger partial charge >= 0.3 is 0 Å². The molecule has 0 N–H and O–H groups in total. The highest BCUT2D eigenvalue weighted by Gasteiger charge is 2.24. The monoisotopic (exact) mass is 240 g/mol. The normalized spacial score (nSPS) is 21.5. The highest BCUT2D eigenvalue weighted by Crippen LogP contribution is 2.28. The van der Waals surface area contributed by atoms with Crippen molar-refractivity contribution in [2.24, 2.45) is 0 Å². The van der Waals surface area contributed by atoms with Crippen molar-refractivity contribution in [1.29, 1.82) is 0 Å². The Morgan fingerprint density at radius 2 is 1.41 bits per heavy atom. The number of unbranched alkanes of at least 4 members (excludes halogenated alkanes) is 3. The molecular weight excluding hydrogens is 208 g/mol. The van der Waals surface area contributed by atoms with E-state index in [1.807, 2.05) is 0 Å². The van der Waals surface area contributed by atoms with E-state index in [1.165, 1.54) is 77.0 Å². The summed E-state index contributed by atoms with van der Waals surface area (Å²) in [5, 5.41) is 0. The number of hydrogen-bond acceptors (Lipinski definition) is 1. The molecule has 0 aromatic heterocycles. The van der Waals surface area contributed by atoms with E-state index in [1.54, 1.807) is 0 Å². The molecule has 0 spiro atoms. The molecule has 1 fully saturated rings. The molecule has 0 saturated heterocycles. The third-order valence-electron chi connectivity index (χ3n) is 4.11. The van der Waals surface area contributed by atoms with E-state index in [-0.39, 0.29) is 5.60 Å². The lowest BCUT2D eigenvalue weighted by Crippen LogP contribution is -2.29. The molecule has 1 aliphatic carbocycles. The lowest BCUT2D eigenvalue weighted by atomic mass is 9.93. The number of hydrogen-bond donors (Lipinski definition) is 0. The van der Waals surface area contributed by atoms with Crippen molar-refractivity contribution >= 4 is 0 Å². The minimum Gasteiger partial charge on any atom is -0.375 e. The Balaban J connectivity index is 2.20. The minimum absolute atomic E-state index is 0.191. The molecule has 1 heteroatoms. The zero-order valence-electron chi connectivity index (χ0n) is 12.1. The van der Waals surface area contributed by atoms with E-state index in [2.05, 4.69) is 13.8 Å². The number of ether oxygens (including phenoxy) is 1. The Labute approximate surface area is 108 Å². The Hall–Kier alpha value is -0.0400. The second-order valence-electron chi connectivity index (χ2n) is 5.98. The van der Waals surface area contributed by atoms with Crippen molar-refractivity contribution in [1.82, 2.24) is 0 Å². The summed E-state index contributed by atoms with van der Waals surface area (Å²) in [6.45, 7) is 5.59. The van der Waals surface area contributed by atoms with Gasteiger partial charge in [0.2, 0.25) is 0 Å². The van der Waals surface area contributed by atoms with E-state index in [9.17, 15) is 0 Å². The molecule has 0 aromatic carbocycles. The fraction of sp³-hybridized carbons (Fsp3) is 1.00. The van der Waals surface area contributed by atoms with E-state index in [0.717, 1.165) is 6.61 Å². The van der Waals surface area contributed by atoms with Gasteiger partial charge in [-0.2, -0.15) is 0 Å². The Kier molecular flexibility index (Phi) is 7.92. The Morgan fingerprint density at radius 3 is 2.00 bits per heavy atom. The van der Waals surface area contributed by atoms with Gasteiger partial charge in [-0.25, -0.2) is 0 Å². The van der Waals surface area contributed by atoms with Gasteiger partial charge in [-0.3, -0.25) is 0 Å². The summed E-state index contributed by atoms with van der Waals surface area (Å²) in [5.41, 5.74) is 0.191. The zero-order chi connectivity index (χ0) is 12.4. The Bertz CT molecular complexity index is 166. The van der Waals surface area contributed by atoms with Gasteiger partial charge in [-0.15, -0.1) is 0 Å². The van der Waals surface area contributed by atoms with Gasteiger partial charge in [0, 0.05) is 6.61 Å². The highest BCUT2D eigenvalue weighted by molar-refractivity contribution is 4.76. The molecule has 102 valence electrons. The van der Waals surface area contributed by atoms with Crippen LogP contribution in [0.25, 0.3) is 0 Å². The molecule has 1 saturated carbocycles. The molecule has 1 nitrogen and oxygen atoms in total. The van der Waals surface area contributed by atoms with Crippen molar-refractivity contribution in [2.45, 2.75) is 96.5 Å². The summed E-state index contributed by atoms with van der Waals surface area (Å²) in [7, 11) is 0. The first-order valence-electron chi connectivity index (χ1n) is 7.91. The molecule has 0 aliphatic heterocycles. The van der Waals surface area contributed by atoms with Crippen LogP contribution >= 0.6 is 0 Å². The quantitative estimate of drug-likeness (QED) is 0.559. The molecule has 0 unspecified atom stereocenters. The van der Waals surface area contributed by atoms with Crippen LogP contribution in [-0.2, 0) is 4.74 Å². The van der Waals surface area contributed by atoms with Gasteiger partial charge in [0.25, 0.3) is 0 Å². The van der Waals surface area contributed by atoms with Crippen molar-refractivity contribution in [3.05, 3.63) is 0 Å². The van der Waals surface area contributed by atoms with Gasteiger partial charge in [-0.05, 0) is 26.2 Å². The van der Waals surface area contributed by atoms with Gasteiger partial charge in [-0.1, -0.05) is 64.7 Å². The summed E-state index contributed by atoms with van der Waals surface area (Å²) in [6.07, 6.45) is 16.3. The van der Waals surface area contributed by atoms with E-state index < -0.39 is 0 Å². The fourth-order valence-corrected chi connectivity index (χ4v) is 2.82. The summed E-state index contributed by atoms with van der Waals surface area (Å²) < 4.78 is 6.21. The minimum atomic E-state index is 0.191. The zero-order valence-corrected chi connectivity index (χ0v) is 12.1. The molecule has 0 bridgehead atoms. The fourth-order valence-electron chi connectivity index (χ4n) is 2.82. The van der Waals surface area contributed by atoms with Crippen LogP contribution in [0.2, 0.25) is 0 Å². The van der Waals surface area contributed by atoms with Crippen LogP contribution < -0.4 is 0 Å². The molecule has 0 aromatic rings. The average molecular weight is 240 g/mol. The maximum absolute atomic E-state index is 6.21. The van der Waals surface area contributed by atoms with Crippen LogP contribution in [0.5, 0.6) is 0 Å². The lowest BCUT2D eigenvalue weighted by molar-refractivity contribution is -0.0471. The van der Waals surface area contributed by atoms with E-state index in [4.69, 9.17) is 4.74 Å².